The smallest absolute Gasteiger partial charge is 0.265 e. The van der Waals surface area contributed by atoms with Crippen LogP contribution in [0, 0.1) is 12.7 Å². The zero-order valence-electron chi connectivity index (χ0n) is 13.5. The number of aromatic nitrogens is 1. The Morgan fingerprint density at radius 1 is 1.16 bits per heavy atom. The van der Waals surface area contributed by atoms with Crippen molar-refractivity contribution >= 4 is 27.0 Å². The lowest BCUT2D eigenvalue weighted by molar-refractivity contribution is 0.403. The summed E-state index contributed by atoms with van der Waals surface area (Å²) in [5, 5.41) is 2.75. The molecule has 25 heavy (non-hydrogen) atoms. The van der Waals surface area contributed by atoms with Crippen LogP contribution < -0.4 is 9.46 Å². The molecule has 0 radical (unpaired) electrons. The van der Waals surface area contributed by atoms with E-state index in [-0.39, 0.29) is 16.3 Å². The second-order valence-corrected chi connectivity index (χ2v) is 7.94. The molecule has 3 aromatic rings. The summed E-state index contributed by atoms with van der Waals surface area (Å²) >= 11 is 1.48. The van der Waals surface area contributed by atoms with E-state index < -0.39 is 15.8 Å². The summed E-state index contributed by atoms with van der Waals surface area (Å²) in [5.41, 5.74) is 1.63. The van der Waals surface area contributed by atoms with Crippen LogP contribution in [-0.4, -0.2) is 20.5 Å². The Morgan fingerprint density at radius 3 is 2.48 bits per heavy atom. The van der Waals surface area contributed by atoms with Gasteiger partial charge in [-0.05, 0) is 49.4 Å². The number of nitrogens with zero attached hydrogens (tertiary/aromatic N) is 1. The molecular weight excluding hydrogens is 363 g/mol. The number of ether oxygens (including phenoxy) is 1. The zero-order chi connectivity index (χ0) is 18.0. The van der Waals surface area contributed by atoms with Crippen LogP contribution in [0.15, 0.2) is 52.7 Å². The van der Waals surface area contributed by atoms with E-state index in [1.165, 1.54) is 48.8 Å². The Kier molecular flexibility index (Phi) is 4.73. The van der Waals surface area contributed by atoms with Crippen molar-refractivity contribution in [2.24, 2.45) is 0 Å². The normalized spacial score (nSPS) is 11.3. The molecule has 0 amide bonds. The molecule has 130 valence electrons. The monoisotopic (exact) mass is 378 g/mol. The number of halogens is 1. The van der Waals surface area contributed by atoms with Gasteiger partial charge in [-0.3, -0.25) is 4.72 Å². The third kappa shape index (κ3) is 3.80. The highest BCUT2D eigenvalue weighted by molar-refractivity contribution is 7.92. The van der Waals surface area contributed by atoms with Crippen LogP contribution in [0.2, 0.25) is 0 Å². The van der Waals surface area contributed by atoms with Crippen molar-refractivity contribution in [1.29, 1.82) is 0 Å². The van der Waals surface area contributed by atoms with Crippen molar-refractivity contribution in [3.05, 3.63) is 58.7 Å². The first-order valence-electron chi connectivity index (χ1n) is 7.28. The average molecular weight is 378 g/mol. The molecule has 1 aromatic heterocycles. The SMILES string of the molecule is COc1ccc(-c2csc(C)n2)cc1S(=O)(=O)Nc1ccc(F)cc1. The third-order valence-corrected chi connectivity index (χ3v) is 5.64. The molecule has 0 unspecified atom stereocenters. The maximum Gasteiger partial charge on any atom is 0.265 e. The van der Waals surface area contributed by atoms with Crippen molar-refractivity contribution in [3.8, 4) is 17.0 Å². The first kappa shape index (κ1) is 17.4. The molecule has 0 aliphatic heterocycles. The number of thiazole rings is 1. The van der Waals surface area contributed by atoms with Crippen LogP contribution in [-0.2, 0) is 10.0 Å². The van der Waals surface area contributed by atoms with Gasteiger partial charge in [-0.25, -0.2) is 17.8 Å². The highest BCUT2D eigenvalue weighted by Crippen LogP contribution is 2.31. The van der Waals surface area contributed by atoms with Crippen LogP contribution in [0.25, 0.3) is 11.3 Å². The van der Waals surface area contributed by atoms with Gasteiger partial charge in [-0.15, -0.1) is 11.3 Å². The van der Waals surface area contributed by atoms with Gasteiger partial charge in [0.25, 0.3) is 10.0 Å². The molecular formula is C17H15FN2O3S2. The summed E-state index contributed by atoms with van der Waals surface area (Å²) in [7, 11) is -2.51. The molecule has 0 spiro atoms. The number of methoxy groups -OCH3 is 1. The molecule has 0 atom stereocenters. The fraction of sp³-hybridized carbons (Fsp3) is 0.118. The van der Waals surface area contributed by atoms with E-state index in [1.54, 1.807) is 12.1 Å². The van der Waals surface area contributed by atoms with Crippen molar-refractivity contribution in [2.75, 3.05) is 11.8 Å². The quantitative estimate of drug-likeness (QED) is 0.727. The predicted octanol–water partition coefficient (Wildman–Crippen LogP) is 4.07. The van der Waals surface area contributed by atoms with E-state index in [9.17, 15) is 12.8 Å². The summed E-state index contributed by atoms with van der Waals surface area (Å²) < 4.78 is 46.1. The molecule has 0 saturated heterocycles. The molecule has 1 heterocycles. The van der Waals surface area contributed by atoms with E-state index in [2.05, 4.69) is 9.71 Å². The summed E-state index contributed by atoms with van der Waals surface area (Å²) in [4.78, 5) is 4.36. The number of anilines is 1. The molecule has 8 heteroatoms. The van der Waals surface area contributed by atoms with Gasteiger partial charge in [0.1, 0.15) is 16.5 Å². The number of aryl methyl sites for hydroxylation is 1. The number of benzene rings is 2. The highest BCUT2D eigenvalue weighted by Gasteiger charge is 2.21. The Labute approximate surface area is 149 Å². The van der Waals surface area contributed by atoms with Gasteiger partial charge in [0.2, 0.25) is 0 Å². The molecule has 5 nitrogen and oxygen atoms in total. The van der Waals surface area contributed by atoms with Gasteiger partial charge < -0.3 is 4.74 Å². The summed E-state index contributed by atoms with van der Waals surface area (Å²) in [5.74, 6) is -0.230. The molecule has 2 aromatic carbocycles. The second kappa shape index (κ2) is 6.81. The maximum atomic E-state index is 13.0. The zero-order valence-corrected chi connectivity index (χ0v) is 15.1. The van der Waals surface area contributed by atoms with Crippen LogP contribution in [0.4, 0.5) is 10.1 Å². The van der Waals surface area contributed by atoms with Crippen LogP contribution in [0.5, 0.6) is 5.75 Å². The van der Waals surface area contributed by atoms with Crippen LogP contribution in [0.3, 0.4) is 0 Å². The van der Waals surface area contributed by atoms with E-state index in [0.29, 0.717) is 11.3 Å². The molecule has 1 N–H and O–H groups in total. The van der Waals surface area contributed by atoms with E-state index >= 15 is 0 Å². The topological polar surface area (TPSA) is 68.3 Å². The van der Waals surface area contributed by atoms with E-state index in [0.717, 1.165) is 5.01 Å². The van der Waals surface area contributed by atoms with Crippen LogP contribution in [0.1, 0.15) is 5.01 Å². The minimum Gasteiger partial charge on any atom is -0.495 e. The summed E-state index contributed by atoms with van der Waals surface area (Å²) in [6.07, 6.45) is 0. The number of hydrogen-bond donors (Lipinski definition) is 1. The standard InChI is InChI=1S/C17H15FN2O3S2/c1-11-19-15(10-24-11)12-3-8-16(23-2)17(9-12)25(21,22)20-14-6-4-13(18)5-7-14/h3-10,20H,1-2H3. The van der Waals surface area contributed by atoms with Crippen molar-refractivity contribution in [1.82, 2.24) is 4.98 Å². The minimum atomic E-state index is -3.91. The van der Waals surface area contributed by atoms with E-state index in [1.807, 2.05) is 12.3 Å². The summed E-state index contributed by atoms with van der Waals surface area (Å²) in [6, 6.07) is 9.93. The van der Waals surface area contributed by atoms with Gasteiger partial charge in [0.15, 0.2) is 0 Å². The maximum absolute atomic E-state index is 13.0. The fourth-order valence-electron chi connectivity index (χ4n) is 2.27. The summed E-state index contributed by atoms with van der Waals surface area (Å²) in [6.45, 7) is 1.88. The molecule has 3 rings (SSSR count). The molecule has 0 aliphatic carbocycles. The fourth-order valence-corrected chi connectivity index (χ4v) is 4.15. The van der Waals surface area contributed by atoms with Crippen LogP contribution >= 0.6 is 11.3 Å². The van der Waals surface area contributed by atoms with Gasteiger partial charge in [0.05, 0.1) is 17.8 Å². The average Bonchev–Trinajstić information content (AvgIpc) is 3.02. The van der Waals surface area contributed by atoms with Gasteiger partial charge in [0, 0.05) is 16.6 Å². The number of nitrogens with one attached hydrogen (secondary N) is 1. The highest BCUT2D eigenvalue weighted by atomic mass is 32.2. The lowest BCUT2D eigenvalue weighted by Gasteiger charge is -2.12. The molecule has 0 bridgehead atoms. The first-order valence-corrected chi connectivity index (χ1v) is 9.64. The Bertz CT molecular complexity index is 999. The Balaban J connectivity index is 2.02. The van der Waals surface area contributed by atoms with Crippen molar-refractivity contribution in [3.63, 3.8) is 0 Å². The lowest BCUT2D eigenvalue weighted by Crippen LogP contribution is -2.14. The Hall–Kier alpha value is -2.45. The number of hydrogen-bond acceptors (Lipinski definition) is 5. The second-order valence-electron chi connectivity index (χ2n) is 5.23. The van der Waals surface area contributed by atoms with E-state index in [4.69, 9.17) is 4.74 Å². The van der Waals surface area contributed by atoms with Gasteiger partial charge in [-0.2, -0.15) is 0 Å². The van der Waals surface area contributed by atoms with Gasteiger partial charge >= 0.3 is 0 Å². The molecule has 0 fully saturated rings. The first-order chi connectivity index (χ1) is 11.9. The number of sulfonamides is 1. The molecule has 0 saturated carbocycles. The minimum absolute atomic E-state index is 0.0116. The lowest BCUT2D eigenvalue weighted by atomic mass is 10.2. The third-order valence-electron chi connectivity index (χ3n) is 3.46. The van der Waals surface area contributed by atoms with Crippen molar-refractivity contribution in [2.45, 2.75) is 11.8 Å². The largest absolute Gasteiger partial charge is 0.495 e. The Morgan fingerprint density at radius 2 is 1.88 bits per heavy atom. The molecule has 0 aliphatic rings. The predicted molar refractivity (Wildman–Crippen MR) is 96.0 cm³/mol. The van der Waals surface area contributed by atoms with Crippen molar-refractivity contribution < 1.29 is 17.5 Å². The number of rotatable bonds is 5. The van der Waals surface area contributed by atoms with Gasteiger partial charge in [-0.1, -0.05) is 0 Å².